The highest BCUT2D eigenvalue weighted by Crippen LogP contribution is 2.16. The van der Waals surface area contributed by atoms with E-state index >= 15 is 0 Å². The van der Waals surface area contributed by atoms with Crippen molar-refractivity contribution in [2.75, 3.05) is 0 Å². The summed E-state index contributed by atoms with van der Waals surface area (Å²) < 4.78 is 26.2. The van der Waals surface area contributed by atoms with E-state index in [-0.39, 0.29) is 0 Å². The van der Waals surface area contributed by atoms with Crippen LogP contribution in [0.4, 0.5) is 8.78 Å². The SMILES string of the molecule is Cc1cn(C(C)C(F)F)c(=S)[nH]1. The lowest BCUT2D eigenvalue weighted by atomic mass is 10.3. The third-order valence-electron chi connectivity index (χ3n) is 1.67. The molecule has 1 rings (SSSR count). The molecule has 1 aromatic rings. The van der Waals surface area contributed by atoms with Gasteiger partial charge in [-0.3, -0.25) is 0 Å². The number of hydrogen-bond donors (Lipinski definition) is 1. The van der Waals surface area contributed by atoms with Gasteiger partial charge in [-0.05, 0) is 26.1 Å². The van der Waals surface area contributed by atoms with Crippen molar-refractivity contribution < 1.29 is 8.78 Å². The molecule has 12 heavy (non-hydrogen) atoms. The van der Waals surface area contributed by atoms with E-state index < -0.39 is 12.5 Å². The lowest BCUT2D eigenvalue weighted by Crippen LogP contribution is -2.12. The summed E-state index contributed by atoms with van der Waals surface area (Å²) in [7, 11) is 0. The molecule has 0 aliphatic heterocycles. The van der Waals surface area contributed by atoms with E-state index in [9.17, 15) is 8.78 Å². The number of nitrogens with zero attached hydrogens (tertiary/aromatic N) is 1. The van der Waals surface area contributed by atoms with Gasteiger partial charge >= 0.3 is 0 Å². The van der Waals surface area contributed by atoms with Gasteiger partial charge in [-0.25, -0.2) is 8.78 Å². The fraction of sp³-hybridized carbons (Fsp3) is 0.571. The first kappa shape index (κ1) is 9.38. The summed E-state index contributed by atoms with van der Waals surface area (Å²) in [6.07, 6.45) is -0.786. The van der Waals surface area contributed by atoms with Crippen LogP contribution in [0, 0.1) is 11.7 Å². The fourth-order valence-corrected chi connectivity index (χ4v) is 1.34. The second-order valence-electron chi connectivity index (χ2n) is 2.72. The Morgan fingerprint density at radius 2 is 2.17 bits per heavy atom. The topological polar surface area (TPSA) is 20.7 Å². The Morgan fingerprint density at radius 3 is 2.50 bits per heavy atom. The molecule has 0 bridgehead atoms. The molecule has 0 saturated heterocycles. The van der Waals surface area contributed by atoms with E-state index in [2.05, 4.69) is 4.98 Å². The zero-order valence-corrected chi connectivity index (χ0v) is 7.66. The number of aromatic amines is 1. The molecule has 2 nitrogen and oxygen atoms in total. The minimum absolute atomic E-state index is 0.348. The molecule has 1 unspecified atom stereocenters. The summed E-state index contributed by atoms with van der Waals surface area (Å²) in [4.78, 5) is 2.79. The van der Waals surface area contributed by atoms with Crippen molar-refractivity contribution in [3.63, 3.8) is 0 Å². The van der Waals surface area contributed by atoms with Gasteiger partial charge in [-0.1, -0.05) is 0 Å². The van der Waals surface area contributed by atoms with Crippen LogP contribution in [-0.4, -0.2) is 16.0 Å². The minimum atomic E-state index is -2.38. The molecule has 1 N–H and O–H groups in total. The number of rotatable bonds is 2. The van der Waals surface area contributed by atoms with Crippen molar-refractivity contribution in [3.05, 3.63) is 16.7 Å². The lowest BCUT2D eigenvalue weighted by molar-refractivity contribution is 0.0908. The molecule has 1 atom stereocenters. The van der Waals surface area contributed by atoms with Crippen molar-refractivity contribution in [1.82, 2.24) is 9.55 Å². The zero-order chi connectivity index (χ0) is 9.30. The Balaban J connectivity index is 3.02. The van der Waals surface area contributed by atoms with Crippen molar-refractivity contribution in [2.24, 2.45) is 0 Å². The van der Waals surface area contributed by atoms with Gasteiger partial charge in [0.05, 0.1) is 6.04 Å². The average molecular weight is 192 g/mol. The molecule has 68 valence electrons. The van der Waals surface area contributed by atoms with E-state index in [0.717, 1.165) is 5.69 Å². The number of H-pyrrole nitrogens is 1. The lowest BCUT2D eigenvalue weighted by Gasteiger charge is -2.10. The molecule has 0 saturated carbocycles. The summed E-state index contributed by atoms with van der Waals surface area (Å²) in [5, 5.41) is 0. The van der Waals surface area contributed by atoms with Gasteiger partial charge in [0, 0.05) is 11.9 Å². The molecule has 0 spiro atoms. The van der Waals surface area contributed by atoms with Crippen molar-refractivity contribution >= 4 is 12.2 Å². The summed E-state index contributed by atoms with van der Waals surface area (Å²) in [6, 6.07) is -0.859. The Labute approximate surface area is 74.2 Å². The van der Waals surface area contributed by atoms with Gasteiger partial charge in [-0.15, -0.1) is 0 Å². The van der Waals surface area contributed by atoms with Crippen molar-refractivity contribution in [2.45, 2.75) is 26.3 Å². The normalized spacial score (nSPS) is 13.8. The monoisotopic (exact) mass is 192 g/mol. The second kappa shape index (κ2) is 3.35. The quantitative estimate of drug-likeness (QED) is 0.714. The first-order valence-corrected chi connectivity index (χ1v) is 3.99. The van der Waals surface area contributed by atoms with Crippen LogP contribution in [0.5, 0.6) is 0 Å². The first-order chi connectivity index (χ1) is 5.52. The number of imidazole rings is 1. The van der Waals surface area contributed by atoms with Crippen LogP contribution in [-0.2, 0) is 0 Å². The first-order valence-electron chi connectivity index (χ1n) is 3.58. The Morgan fingerprint density at radius 1 is 1.58 bits per heavy atom. The number of alkyl halides is 2. The molecule has 1 aromatic heterocycles. The molecular weight excluding hydrogens is 182 g/mol. The van der Waals surface area contributed by atoms with Gasteiger partial charge in [0.25, 0.3) is 6.43 Å². The van der Waals surface area contributed by atoms with Crippen molar-refractivity contribution in [3.8, 4) is 0 Å². The van der Waals surface area contributed by atoms with Gasteiger partial charge in [-0.2, -0.15) is 0 Å². The van der Waals surface area contributed by atoms with E-state index in [1.54, 1.807) is 13.1 Å². The van der Waals surface area contributed by atoms with E-state index in [1.807, 2.05) is 0 Å². The third kappa shape index (κ3) is 1.72. The maximum atomic E-state index is 12.2. The van der Waals surface area contributed by atoms with Gasteiger partial charge < -0.3 is 9.55 Å². The third-order valence-corrected chi connectivity index (χ3v) is 1.99. The van der Waals surface area contributed by atoms with Crippen LogP contribution in [0.2, 0.25) is 0 Å². The van der Waals surface area contributed by atoms with Crippen LogP contribution in [0.15, 0.2) is 6.20 Å². The van der Waals surface area contributed by atoms with Crippen LogP contribution in [0.25, 0.3) is 0 Å². The molecule has 0 amide bonds. The van der Waals surface area contributed by atoms with Gasteiger partial charge in [0.15, 0.2) is 4.77 Å². The molecule has 0 radical (unpaired) electrons. The van der Waals surface area contributed by atoms with Crippen LogP contribution in [0.3, 0.4) is 0 Å². The van der Waals surface area contributed by atoms with Crippen molar-refractivity contribution in [1.29, 1.82) is 0 Å². The molecule has 5 heteroatoms. The highest BCUT2D eigenvalue weighted by molar-refractivity contribution is 7.71. The summed E-state index contributed by atoms with van der Waals surface area (Å²) in [6.45, 7) is 3.22. The average Bonchev–Trinajstić information content (AvgIpc) is 2.28. The summed E-state index contributed by atoms with van der Waals surface area (Å²) in [5.41, 5.74) is 0.799. The molecular formula is C7H10F2N2S. The van der Waals surface area contributed by atoms with E-state index in [1.165, 1.54) is 11.5 Å². The molecule has 1 heterocycles. The maximum Gasteiger partial charge on any atom is 0.258 e. The van der Waals surface area contributed by atoms with Gasteiger partial charge in [0.1, 0.15) is 0 Å². The van der Waals surface area contributed by atoms with Crippen LogP contribution < -0.4 is 0 Å². The molecule has 0 aliphatic rings. The zero-order valence-electron chi connectivity index (χ0n) is 6.84. The number of nitrogens with one attached hydrogen (secondary N) is 1. The highest BCUT2D eigenvalue weighted by atomic mass is 32.1. The Hall–Kier alpha value is -0.710. The smallest absolute Gasteiger partial charge is 0.258 e. The molecule has 0 aliphatic carbocycles. The van der Waals surface area contributed by atoms with E-state index in [4.69, 9.17) is 12.2 Å². The standard InChI is InChI=1S/C7H10F2N2S/c1-4-3-11(7(12)10-4)5(2)6(8)9/h3,5-6H,1-2H3,(H,10,12). The van der Waals surface area contributed by atoms with Gasteiger partial charge in [0.2, 0.25) is 0 Å². The largest absolute Gasteiger partial charge is 0.335 e. The molecule has 0 aromatic carbocycles. The van der Waals surface area contributed by atoms with Crippen LogP contribution in [0.1, 0.15) is 18.7 Å². The minimum Gasteiger partial charge on any atom is -0.335 e. The predicted molar refractivity (Wildman–Crippen MR) is 45.1 cm³/mol. The predicted octanol–water partition coefficient (Wildman–Crippen LogP) is 2.68. The number of aryl methyl sites for hydroxylation is 1. The highest BCUT2D eigenvalue weighted by Gasteiger charge is 2.16. The summed E-state index contributed by atoms with van der Waals surface area (Å²) in [5.74, 6) is 0. The Bertz CT molecular complexity index is 315. The summed E-state index contributed by atoms with van der Waals surface area (Å²) >= 11 is 4.84. The maximum absolute atomic E-state index is 12.2. The van der Waals surface area contributed by atoms with E-state index in [0.29, 0.717) is 4.77 Å². The van der Waals surface area contributed by atoms with Crippen LogP contribution >= 0.6 is 12.2 Å². The second-order valence-corrected chi connectivity index (χ2v) is 3.11. The number of aromatic nitrogens is 2. The fourth-order valence-electron chi connectivity index (χ4n) is 0.957. The Kier molecular flexibility index (Phi) is 2.62. The number of halogens is 2. The molecule has 0 fully saturated rings. The number of hydrogen-bond acceptors (Lipinski definition) is 1.